The molecule has 1 aliphatic rings. The van der Waals surface area contributed by atoms with Crippen LogP contribution in [0.4, 0.5) is 5.82 Å². The molecule has 6 heteroatoms. The first-order chi connectivity index (χ1) is 14.6. The molecule has 2 aromatic carbocycles. The predicted octanol–water partition coefficient (Wildman–Crippen LogP) is 4.25. The van der Waals surface area contributed by atoms with Crippen LogP contribution >= 0.6 is 0 Å². The number of aromatic nitrogens is 1. The van der Waals surface area contributed by atoms with Gasteiger partial charge in [-0.3, -0.25) is 14.5 Å². The number of methoxy groups -OCH3 is 1. The van der Waals surface area contributed by atoms with Crippen molar-refractivity contribution >= 4 is 22.7 Å². The molecule has 1 amide bonds. The first-order valence-electron chi connectivity index (χ1n) is 9.54. The predicted molar refractivity (Wildman–Crippen MR) is 113 cm³/mol. The topological polar surface area (TPSA) is 72.6 Å². The molecule has 30 heavy (non-hydrogen) atoms. The van der Waals surface area contributed by atoms with E-state index in [4.69, 9.17) is 9.15 Å². The van der Waals surface area contributed by atoms with Gasteiger partial charge in [0.1, 0.15) is 17.2 Å². The van der Waals surface area contributed by atoms with Crippen LogP contribution in [0, 0.1) is 6.92 Å². The SMILES string of the molecule is COc1ccc(C2c3c(oc4ccccc4c3=O)C(=O)N2c2ccc(C)cn2)cc1. The summed E-state index contributed by atoms with van der Waals surface area (Å²) in [7, 11) is 1.59. The maximum atomic E-state index is 13.4. The smallest absolute Gasteiger partial charge is 0.296 e. The first kappa shape index (κ1) is 18.1. The number of rotatable bonds is 3. The lowest BCUT2D eigenvalue weighted by molar-refractivity contribution is 0.0970. The van der Waals surface area contributed by atoms with Gasteiger partial charge in [-0.1, -0.05) is 30.3 Å². The van der Waals surface area contributed by atoms with Crippen LogP contribution in [0.1, 0.15) is 33.3 Å². The van der Waals surface area contributed by atoms with E-state index in [-0.39, 0.29) is 17.1 Å². The van der Waals surface area contributed by atoms with Crippen LogP contribution in [0.25, 0.3) is 11.0 Å². The Morgan fingerprint density at radius 3 is 2.47 bits per heavy atom. The second kappa shape index (κ2) is 6.84. The summed E-state index contributed by atoms with van der Waals surface area (Å²) < 4.78 is 11.2. The summed E-state index contributed by atoms with van der Waals surface area (Å²) in [6, 6.07) is 17.3. The Balaban J connectivity index is 1.78. The molecule has 0 bridgehead atoms. The van der Waals surface area contributed by atoms with E-state index in [1.165, 1.54) is 4.90 Å². The van der Waals surface area contributed by atoms with Crippen molar-refractivity contribution in [3.63, 3.8) is 0 Å². The van der Waals surface area contributed by atoms with Crippen molar-refractivity contribution < 1.29 is 13.9 Å². The number of nitrogens with zero attached hydrogens (tertiary/aromatic N) is 2. The highest BCUT2D eigenvalue weighted by Gasteiger charge is 2.44. The molecular weight excluding hydrogens is 380 g/mol. The summed E-state index contributed by atoms with van der Waals surface area (Å²) in [6.07, 6.45) is 1.70. The van der Waals surface area contributed by atoms with Crippen LogP contribution in [0.3, 0.4) is 0 Å². The van der Waals surface area contributed by atoms with Crippen LogP contribution in [-0.4, -0.2) is 18.0 Å². The van der Waals surface area contributed by atoms with E-state index in [1.54, 1.807) is 55.8 Å². The molecule has 0 N–H and O–H groups in total. The van der Waals surface area contributed by atoms with Gasteiger partial charge in [0.15, 0.2) is 5.43 Å². The molecule has 0 fully saturated rings. The number of anilines is 1. The molecule has 0 saturated carbocycles. The van der Waals surface area contributed by atoms with Crippen LogP contribution in [0.5, 0.6) is 5.75 Å². The van der Waals surface area contributed by atoms with Crippen molar-refractivity contribution in [3.8, 4) is 5.75 Å². The van der Waals surface area contributed by atoms with Crippen molar-refractivity contribution in [1.82, 2.24) is 4.98 Å². The number of benzene rings is 2. The molecule has 4 aromatic rings. The van der Waals surface area contributed by atoms with Gasteiger partial charge in [-0.25, -0.2) is 4.98 Å². The Bertz CT molecular complexity index is 1320. The highest BCUT2D eigenvalue weighted by molar-refractivity contribution is 6.10. The number of aryl methyl sites for hydroxylation is 1. The van der Waals surface area contributed by atoms with Crippen molar-refractivity contribution in [2.45, 2.75) is 13.0 Å². The second-order valence-corrected chi connectivity index (χ2v) is 7.21. The molecule has 5 rings (SSSR count). The number of fused-ring (bicyclic) bond motifs is 2. The zero-order chi connectivity index (χ0) is 20.8. The van der Waals surface area contributed by atoms with Gasteiger partial charge < -0.3 is 9.15 Å². The Morgan fingerprint density at radius 2 is 1.77 bits per heavy atom. The third-order valence-electron chi connectivity index (χ3n) is 5.35. The zero-order valence-corrected chi connectivity index (χ0v) is 16.5. The Morgan fingerprint density at radius 1 is 1.00 bits per heavy atom. The minimum atomic E-state index is -0.644. The van der Waals surface area contributed by atoms with E-state index in [0.717, 1.165) is 11.1 Å². The highest BCUT2D eigenvalue weighted by Crippen LogP contribution is 2.40. The number of carbonyl (C=O) groups is 1. The standard InChI is InChI=1S/C24H18N2O4/c1-14-7-12-19(25-13-14)26-21(15-8-10-16(29-2)11-9-15)20-22(27)17-5-3-4-6-18(17)30-23(20)24(26)28/h3-13,21H,1-2H3. The quantitative estimate of drug-likeness (QED) is 0.516. The van der Waals surface area contributed by atoms with E-state index in [0.29, 0.717) is 28.1 Å². The van der Waals surface area contributed by atoms with E-state index in [1.807, 2.05) is 25.1 Å². The van der Waals surface area contributed by atoms with Crippen LogP contribution < -0.4 is 15.1 Å². The number of ether oxygens (including phenoxy) is 1. The molecule has 0 spiro atoms. The second-order valence-electron chi connectivity index (χ2n) is 7.21. The number of hydrogen-bond donors (Lipinski definition) is 0. The van der Waals surface area contributed by atoms with E-state index < -0.39 is 6.04 Å². The molecule has 1 unspecified atom stereocenters. The molecule has 6 nitrogen and oxygen atoms in total. The summed E-state index contributed by atoms with van der Waals surface area (Å²) in [5.41, 5.74) is 2.25. The third-order valence-corrected chi connectivity index (χ3v) is 5.35. The lowest BCUT2D eigenvalue weighted by Gasteiger charge is -2.24. The van der Waals surface area contributed by atoms with Gasteiger partial charge in [-0.2, -0.15) is 0 Å². The summed E-state index contributed by atoms with van der Waals surface area (Å²) in [5, 5.41) is 0.446. The molecule has 2 aromatic heterocycles. The molecule has 148 valence electrons. The van der Waals surface area contributed by atoms with Gasteiger partial charge in [0.2, 0.25) is 5.76 Å². The molecule has 1 aliphatic heterocycles. The van der Waals surface area contributed by atoms with Crippen molar-refractivity contribution in [2.24, 2.45) is 0 Å². The number of pyridine rings is 1. The molecule has 1 atom stereocenters. The van der Waals surface area contributed by atoms with Crippen LogP contribution in [0.15, 0.2) is 76.1 Å². The minimum absolute atomic E-state index is 0.0573. The summed E-state index contributed by atoms with van der Waals surface area (Å²) in [6.45, 7) is 1.93. The highest BCUT2D eigenvalue weighted by atomic mass is 16.5. The molecule has 0 aliphatic carbocycles. The van der Waals surface area contributed by atoms with E-state index >= 15 is 0 Å². The fraction of sp³-hybridized carbons (Fsp3) is 0.125. The Hall–Kier alpha value is -3.93. The van der Waals surface area contributed by atoms with Crippen molar-refractivity contribution in [2.75, 3.05) is 12.0 Å². The maximum absolute atomic E-state index is 13.4. The van der Waals surface area contributed by atoms with Gasteiger partial charge in [0.25, 0.3) is 5.91 Å². The van der Waals surface area contributed by atoms with Gasteiger partial charge >= 0.3 is 0 Å². The summed E-state index contributed by atoms with van der Waals surface area (Å²) >= 11 is 0. The third kappa shape index (κ3) is 2.69. The van der Waals surface area contributed by atoms with Gasteiger partial charge in [-0.15, -0.1) is 0 Å². The number of para-hydroxylation sites is 1. The van der Waals surface area contributed by atoms with Gasteiger partial charge in [-0.05, 0) is 48.4 Å². The molecule has 0 radical (unpaired) electrons. The fourth-order valence-electron chi connectivity index (χ4n) is 3.86. The average Bonchev–Trinajstić information content (AvgIpc) is 3.07. The minimum Gasteiger partial charge on any atom is -0.497 e. The molecular formula is C24H18N2O4. The van der Waals surface area contributed by atoms with E-state index in [2.05, 4.69) is 4.98 Å². The van der Waals surface area contributed by atoms with Gasteiger partial charge in [0.05, 0.1) is 24.1 Å². The van der Waals surface area contributed by atoms with Crippen molar-refractivity contribution in [3.05, 3.63) is 99.5 Å². The van der Waals surface area contributed by atoms with Gasteiger partial charge in [0, 0.05) is 6.20 Å². The number of hydrogen-bond acceptors (Lipinski definition) is 5. The fourth-order valence-corrected chi connectivity index (χ4v) is 3.86. The average molecular weight is 398 g/mol. The summed E-state index contributed by atoms with van der Waals surface area (Å²) in [4.78, 5) is 32.8. The lowest BCUT2D eigenvalue weighted by Crippen LogP contribution is -2.30. The largest absolute Gasteiger partial charge is 0.497 e. The number of carbonyl (C=O) groups excluding carboxylic acids is 1. The first-order valence-corrected chi connectivity index (χ1v) is 9.54. The Kier molecular flexibility index (Phi) is 4.13. The van der Waals surface area contributed by atoms with Crippen LogP contribution in [-0.2, 0) is 0 Å². The van der Waals surface area contributed by atoms with E-state index in [9.17, 15) is 9.59 Å². The maximum Gasteiger partial charge on any atom is 0.296 e. The normalized spacial score (nSPS) is 15.5. The van der Waals surface area contributed by atoms with Crippen molar-refractivity contribution in [1.29, 1.82) is 0 Å². The monoisotopic (exact) mass is 398 g/mol. The van der Waals surface area contributed by atoms with Crippen LogP contribution in [0.2, 0.25) is 0 Å². The molecule has 0 saturated heterocycles. The lowest BCUT2D eigenvalue weighted by atomic mass is 9.98. The Labute approximate surface area is 172 Å². The molecule has 3 heterocycles. The number of amides is 1. The summed E-state index contributed by atoms with van der Waals surface area (Å²) in [5.74, 6) is 0.821. The zero-order valence-electron chi connectivity index (χ0n) is 16.5.